The van der Waals surface area contributed by atoms with Gasteiger partial charge in [-0.05, 0) is 56.0 Å². The lowest BCUT2D eigenvalue weighted by atomic mass is 9.97. The van der Waals surface area contributed by atoms with E-state index in [2.05, 4.69) is 5.10 Å². The van der Waals surface area contributed by atoms with E-state index in [-0.39, 0.29) is 11.6 Å². The zero-order valence-corrected chi connectivity index (χ0v) is 18.3. The second kappa shape index (κ2) is 7.85. The van der Waals surface area contributed by atoms with E-state index in [1.54, 1.807) is 22.0 Å². The number of benzene rings is 2. The highest BCUT2D eigenvalue weighted by molar-refractivity contribution is 7.89. The van der Waals surface area contributed by atoms with Crippen LogP contribution in [0.2, 0.25) is 0 Å². The summed E-state index contributed by atoms with van der Waals surface area (Å²) >= 11 is 0. The number of sulfonamides is 1. The molecule has 158 valence electrons. The van der Waals surface area contributed by atoms with Gasteiger partial charge in [-0.2, -0.15) is 9.40 Å². The molecule has 0 atom stereocenters. The lowest BCUT2D eigenvalue weighted by molar-refractivity contribution is 0.311. The van der Waals surface area contributed by atoms with Gasteiger partial charge >= 0.3 is 5.69 Å². The van der Waals surface area contributed by atoms with Crippen LogP contribution >= 0.6 is 0 Å². The zero-order chi connectivity index (χ0) is 21.5. The summed E-state index contributed by atoms with van der Waals surface area (Å²) in [7, 11) is -1.90. The molecule has 2 heterocycles. The van der Waals surface area contributed by atoms with E-state index in [4.69, 9.17) is 0 Å². The van der Waals surface area contributed by atoms with Crippen molar-refractivity contribution in [2.24, 2.45) is 7.05 Å². The van der Waals surface area contributed by atoms with Gasteiger partial charge < -0.3 is 0 Å². The van der Waals surface area contributed by atoms with Gasteiger partial charge in [0.25, 0.3) is 0 Å². The standard InChI is InChI=1S/C22H26N4O3S/c1-16-9-10-17(2)20(15-16)30(28,29)25-13-11-18(12-14-25)21-23-24(3)22(27)26(21)19-7-5-4-6-8-19/h4-10,15,18H,11-14H2,1-3H3. The molecule has 4 rings (SSSR count). The summed E-state index contributed by atoms with van der Waals surface area (Å²) in [5.41, 5.74) is 2.26. The van der Waals surface area contributed by atoms with Crippen molar-refractivity contribution in [3.8, 4) is 5.69 Å². The molecular weight excluding hydrogens is 400 g/mol. The van der Waals surface area contributed by atoms with Crippen LogP contribution in [-0.4, -0.2) is 40.2 Å². The third kappa shape index (κ3) is 3.61. The molecule has 1 fully saturated rings. The van der Waals surface area contributed by atoms with E-state index < -0.39 is 10.0 Å². The topological polar surface area (TPSA) is 77.2 Å². The van der Waals surface area contributed by atoms with Gasteiger partial charge in [0.2, 0.25) is 10.0 Å². The third-order valence-corrected chi connectivity index (χ3v) is 7.79. The zero-order valence-electron chi connectivity index (χ0n) is 17.4. The molecule has 7 nitrogen and oxygen atoms in total. The molecule has 1 aliphatic rings. The second-order valence-electron chi connectivity index (χ2n) is 7.88. The van der Waals surface area contributed by atoms with Crippen molar-refractivity contribution in [1.82, 2.24) is 18.7 Å². The average molecular weight is 427 g/mol. The van der Waals surface area contributed by atoms with Gasteiger partial charge in [0.15, 0.2) is 0 Å². The predicted molar refractivity (Wildman–Crippen MR) is 115 cm³/mol. The van der Waals surface area contributed by atoms with Crippen LogP contribution in [0.25, 0.3) is 5.69 Å². The normalized spacial score (nSPS) is 16.1. The van der Waals surface area contributed by atoms with Crippen molar-refractivity contribution in [1.29, 1.82) is 0 Å². The Morgan fingerprint density at radius 1 is 1.00 bits per heavy atom. The van der Waals surface area contributed by atoms with Gasteiger partial charge in [0.05, 0.1) is 10.6 Å². The Morgan fingerprint density at radius 2 is 1.67 bits per heavy atom. The quantitative estimate of drug-likeness (QED) is 0.643. The average Bonchev–Trinajstić information content (AvgIpc) is 3.05. The molecule has 8 heteroatoms. The van der Waals surface area contributed by atoms with Crippen molar-refractivity contribution in [3.05, 3.63) is 76.0 Å². The minimum Gasteiger partial charge on any atom is -0.247 e. The molecule has 0 radical (unpaired) electrons. The summed E-state index contributed by atoms with van der Waals surface area (Å²) in [5.74, 6) is 0.710. The highest BCUT2D eigenvalue weighted by Crippen LogP contribution is 2.31. The summed E-state index contributed by atoms with van der Waals surface area (Å²) in [6.07, 6.45) is 1.24. The van der Waals surface area contributed by atoms with Crippen LogP contribution < -0.4 is 5.69 Å². The number of piperidine rings is 1. The summed E-state index contributed by atoms with van der Waals surface area (Å²) in [6.45, 7) is 4.53. The van der Waals surface area contributed by atoms with Crippen LogP contribution in [0.3, 0.4) is 0 Å². The Balaban J connectivity index is 1.60. The smallest absolute Gasteiger partial charge is 0.247 e. The summed E-state index contributed by atoms with van der Waals surface area (Å²) in [4.78, 5) is 13.0. The largest absolute Gasteiger partial charge is 0.350 e. The molecule has 0 aliphatic carbocycles. The molecule has 1 aliphatic heterocycles. The number of hydrogen-bond donors (Lipinski definition) is 0. The molecule has 0 saturated carbocycles. The third-order valence-electron chi connectivity index (χ3n) is 5.74. The molecular formula is C22H26N4O3S. The maximum absolute atomic E-state index is 13.2. The molecule has 30 heavy (non-hydrogen) atoms. The molecule has 1 aromatic heterocycles. The fourth-order valence-electron chi connectivity index (χ4n) is 4.05. The summed E-state index contributed by atoms with van der Waals surface area (Å²) < 4.78 is 30.9. The number of nitrogens with zero attached hydrogens (tertiary/aromatic N) is 4. The molecule has 1 saturated heterocycles. The number of hydrogen-bond acceptors (Lipinski definition) is 4. The fraction of sp³-hybridized carbons (Fsp3) is 0.364. The number of aryl methyl sites for hydroxylation is 3. The lowest BCUT2D eigenvalue weighted by Gasteiger charge is -2.31. The molecule has 0 spiro atoms. The molecule has 3 aromatic rings. The minimum atomic E-state index is -3.55. The lowest BCUT2D eigenvalue weighted by Crippen LogP contribution is -2.38. The molecule has 0 unspecified atom stereocenters. The summed E-state index contributed by atoms with van der Waals surface area (Å²) in [5, 5.41) is 4.48. The summed E-state index contributed by atoms with van der Waals surface area (Å²) in [6, 6.07) is 14.9. The first-order chi connectivity index (χ1) is 14.3. The highest BCUT2D eigenvalue weighted by atomic mass is 32.2. The molecule has 2 aromatic carbocycles. The molecule has 0 amide bonds. The van der Waals surface area contributed by atoms with Crippen molar-refractivity contribution < 1.29 is 8.42 Å². The van der Waals surface area contributed by atoms with Gasteiger partial charge in [-0.3, -0.25) is 0 Å². The van der Waals surface area contributed by atoms with E-state index in [0.717, 1.165) is 16.8 Å². The number of aromatic nitrogens is 3. The maximum Gasteiger partial charge on any atom is 0.350 e. The monoisotopic (exact) mass is 426 g/mol. The van der Waals surface area contributed by atoms with E-state index in [0.29, 0.717) is 36.7 Å². The van der Waals surface area contributed by atoms with Gasteiger partial charge in [0, 0.05) is 26.1 Å². The van der Waals surface area contributed by atoms with Gasteiger partial charge in [-0.15, -0.1) is 0 Å². The Bertz CT molecular complexity index is 1220. The van der Waals surface area contributed by atoms with E-state index in [1.807, 2.05) is 56.3 Å². The van der Waals surface area contributed by atoms with Gasteiger partial charge in [0.1, 0.15) is 5.82 Å². The first-order valence-corrected chi connectivity index (χ1v) is 11.5. The Labute approximate surface area is 176 Å². The Morgan fingerprint density at radius 3 is 2.33 bits per heavy atom. The van der Waals surface area contributed by atoms with Gasteiger partial charge in [-0.1, -0.05) is 30.3 Å². The van der Waals surface area contributed by atoms with Crippen molar-refractivity contribution in [3.63, 3.8) is 0 Å². The fourth-order valence-corrected chi connectivity index (χ4v) is 5.83. The van der Waals surface area contributed by atoms with Crippen molar-refractivity contribution >= 4 is 10.0 Å². The van der Waals surface area contributed by atoms with Gasteiger partial charge in [-0.25, -0.2) is 22.5 Å². The Hall–Kier alpha value is -2.71. The number of para-hydroxylation sites is 1. The molecule has 0 bridgehead atoms. The van der Waals surface area contributed by atoms with Crippen molar-refractivity contribution in [2.45, 2.75) is 37.5 Å². The first-order valence-electron chi connectivity index (χ1n) is 10.1. The Kier molecular flexibility index (Phi) is 5.38. The van der Waals surface area contributed by atoms with Crippen LogP contribution in [0, 0.1) is 13.8 Å². The van der Waals surface area contributed by atoms with Crippen LogP contribution in [0.1, 0.15) is 35.7 Å². The van der Waals surface area contributed by atoms with Crippen LogP contribution in [0.15, 0.2) is 58.2 Å². The van der Waals surface area contributed by atoms with Crippen LogP contribution in [0.5, 0.6) is 0 Å². The highest BCUT2D eigenvalue weighted by Gasteiger charge is 2.33. The van der Waals surface area contributed by atoms with E-state index in [1.165, 1.54) is 4.68 Å². The van der Waals surface area contributed by atoms with Crippen molar-refractivity contribution in [2.75, 3.05) is 13.1 Å². The van der Waals surface area contributed by atoms with Crippen LogP contribution in [-0.2, 0) is 17.1 Å². The van der Waals surface area contributed by atoms with E-state index >= 15 is 0 Å². The molecule has 0 N–H and O–H groups in total. The SMILES string of the molecule is Cc1ccc(C)c(S(=O)(=O)N2CCC(c3nn(C)c(=O)n3-c3ccccc3)CC2)c1. The minimum absolute atomic E-state index is 0.0177. The second-order valence-corrected chi connectivity index (χ2v) is 9.79. The maximum atomic E-state index is 13.2. The first kappa shape index (κ1) is 20.6. The van der Waals surface area contributed by atoms with E-state index in [9.17, 15) is 13.2 Å². The van der Waals surface area contributed by atoms with Crippen LogP contribution in [0.4, 0.5) is 0 Å². The predicted octanol–water partition coefficient (Wildman–Crippen LogP) is 2.76. The number of rotatable bonds is 4.